The van der Waals surface area contributed by atoms with E-state index in [9.17, 15) is 13.2 Å². The Morgan fingerprint density at radius 2 is 1.82 bits per heavy atom. The number of nitrogens with zero attached hydrogens (tertiary/aromatic N) is 1. The monoisotopic (exact) mass is 295 g/mol. The van der Waals surface area contributed by atoms with Crippen LogP contribution in [0.4, 0.5) is 0 Å². The van der Waals surface area contributed by atoms with Crippen LogP contribution >= 0.6 is 22.3 Å². The molecule has 1 aromatic rings. The second kappa shape index (κ2) is 4.84. The van der Waals surface area contributed by atoms with Crippen LogP contribution in [0.2, 0.25) is 5.02 Å². The Labute approximate surface area is 110 Å². The molecular weight excluding hydrogens is 285 g/mol. The van der Waals surface area contributed by atoms with E-state index in [1.54, 1.807) is 14.1 Å². The second-order valence-electron chi connectivity index (χ2n) is 3.71. The number of amides is 1. The fraction of sp³-hybridized carbons (Fsp3) is 0.300. The van der Waals surface area contributed by atoms with E-state index in [2.05, 4.69) is 0 Å². The molecule has 17 heavy (non-hydrogen) atoms. The molecule has 0 aliphatic heterocycles. The number of halogens is 2. The summed E-state index contributed by atoms with van der Waals surface area (Å²) in [6.45, 7) is 1.52. The summed E-state index contributed by atoms with van der Waals surface area (Å²) >= 11 is 5.78. The first-order chi connectivity index (χ1) is 7.64. The highest BCUT2D eigenvalue weighted by Crippen LogP contribution is 2.27. The van der Waals surface area contributed by atoms with Gasteiger partial charge in [0.25, 0.3) is 15.0 Å². The zero-order valence-electron chi connectivity index (χ0n) is 9.49. The molecule has 0 aliphatic rings. The van der Waals surface area contributed by atoms with Crippen molar-refractivity contribution in [3.05, 3.63) is 28.3 Å². The van der Waals surface area contributed by atoms with Crippen LogP contribution in [0.1, 0.15) is 15.9 Å². The Bertz CT molecular complexity index is 567. The molecule has 0 fully saturated rings. The van der Waals surface area contributed by atoms with E-state index in [1.165, 1.54) is 24.0 Å². The first-order valence-corrected chi connectivity index (χ1v) is 7.29. The molecule has 0 saturated carbocycles. The van der Waals surface area contributed by atoms with Gasteiger partial charge in [0.05, 0.1) is 4.90 Å². The van der Waals surface area contributed by atoms with Gasteiger partial charge in [0.15, 0.2) is 0 Å². The minimum Gasteiger partial charge on any atom is -0.345 e. The molecule has 0 heterocycles. The molecule has 0 spiro atoms. The van der Waals surface area contributed by atoms with Crippen LogP contribution < -0.4 is 0 Å². The molecule has 0 unspecified atom stereocenters. The zero-order chi connectivity index (χ0) is 13.4. The molecule has 0 bridgehead atoms. The van der Waals surface area contributed by atoms with Crippen molar-refractivity contribution in [1.82, 2.24) is 4.90 Å². The van der Waals surface area contributed by atoms with Crippen LogP contribution in [0.25, 0.3) is 0 Å². The van der Waals surface area contributed by atoms with Gasteiger partial charge in [-0.25, -0.2) is 8.42 Å². The number of hydrogen-bond acceptors (Lipinski definition) is 3. The average molecular weight is 296 g/mol. The number of benzene rings is 1. The SMILES string of the molecule is Cc1c(C(=O)N(C)C)cc(Cl)cc1S(=O)(=O)Cl. The van der Waals surface area contributed by atoms with Crippen molar-refractivity contribution in [2.75, 3.05) is 14.1 Å². The van der Waals surface area contributed by atoms with E-state index in [-0.39, 0.29) is 21.4 Å². The van der Waals surface area contributed by atoms with Crippen molar-refractivity contribution in [1.29, 1.82) is 0 Å². The summed E-state index contributed by atoms with van der Waals surface area (Å²) in [5.74, 6) is -0.327. The maximum atomic E-state index is 11.8. The zero-order valence-corrected chi connectivity index (χ0v) is 11.8. The van der Waals surface area contributed by atoms with Gasteiger partial charge in [-0.05, 0) is 24.6 Å². The fourth-order valence-corrected chi connectivity index (χ4v) is 2.88. The summed E-state index contributed by atoms with van der Waals surface area (Å²) in [6, 6.07) is 2.65. The summed E-state index contributed by atoms with van der Waals surface area (Å²) in [5.41, 5.74) is 0.518. The molecule has 1 amide bonds. The molecule has 4 nitrogen and oxygen atoms in total. The highest BCUT2D eigenvalue weighted by molar-refractivity contribution is 8.13. The Kier molecular flexibility index (Phi) is 4.06. The van der Waals surface area contributed by atoms with Crippen LogP contribution in [-0.2, 0) is 9.05 Å². The lowest BCUT2D eigenvalue weighted by atomic mass is 10.1. The average Bonchev–Trinajstić information content (AvgIpc) is 2.18. The summed E-state index contributed by atoms with van der Waals surface area (Å²) < 4.78 is 22.7. The Balaban J connectivity index is 3.56. The molecule has 0 N–H and O–H groups in total. The Morgan fingerprint density at radius 1 is 1.29 bits per heavy atom. The number of carbonyl (C=O) groups excluding carboxylic acids is 1. The quantitative estimate of drug-likeness (QED) is 0.787. The summed E-state index contributed by atoms with van der Waals surface area (Å²) in [4.78, 5) is 13.0. The minimum atomic E-state index is -3.92. The van der Waals surface area contributed by atoms with E-state index >= 15 is 0 Å². The Morgan fingerprint density at radius 3 is 2.24 bits per heavy atom. The van der Waals surface area contributed by atoms with Crippen molar-refractivity contribution >= 4 is 37.2 Å². The third kappa shape index (κ3) is 3.12. The molecular formula is C10H11Cl2NO3S. The predicted octanol–water partition coefficient (Wildman–Crippen LogP) is 2.28. The standard InChI is InChI=1S/C10H11Cl2NO3S/c1-6-8(10(14)13(2)3)4-7(11)5-9(6)17(12,15)16/h4-5H,1-3H3. The predicted molar refractivity (Wildman–Crippen MR) is 67.2 cm³/mol. The molecule has 0 radical (unpaired) electrons. The van der Waals surface area contributed by atoms with E-state index in [0.29, 0.717) is 5.56 Å². The maximum absolute atomic E-state index is 11.8. The van der Waals surface area contributed by atoms with Crippen molar-refractivity contribution in [2.24, 2.45) is 0 Å². The van der Waals surface area contributed by atoms with Crippen molar-refractivity contribution in [2.45, 2.75) is 11.8 Å². The van der Waals surface area contributed by atoms with Crippen LogP contribution in [0, 0.1) is 6.92 Å². The summed E-state index contributed by atoms with van der Waals surface area (Å²) in [5, 5.41) is 0.153. The lowest BCUT2D eigenvalue weighted by Gasteiger charge is -2.14. The van der Waals surface area contributed by atoms with Gasteiger partial charge in [-0.1, -0.05) is 11.6 Å². The third-order valence-corrected chi connectivity index (χ3v) is 3.89. The molecule has 7 heteroatoms. The van der Waals surface area contributed by atoms with Crippen LogP contribution in [0.3, 0.4) is 0 Å². The van der Waals surface area contributed by atoms with Gasteiger partial charge in [-0.15, -0.1) is 0 Å². The highest BCUT2D eigenvalue weighted by Gasteiger charge is 2.21. The van der Waals surface area contributed by atoms with E-state index in [1.807, 2.05) is 0 Å². The van der Waals surface area contributed by atoms with Gasteiger partial charge in [-0.2, -0.15) is 0 Å². The summed E-state index contributed by atoms with van der Waals surface area (Å²) in [7, 11) is 4.49. The van der Waals surface area contributed by atoms with E-state index < -0.39 is 9.05 Å². The van der Waals surface area contributed by atoms with Gasteiger partial charge in [0.1, 0.15) is 0 Å². The molecule has 94 valence electrons. The largest absolute Gasteiger partial charge is 0.345 e. The smallest absolute Gasteiger partial charge is 0.261 e. The van der Waals surface area contributed by atoms with E-state index in [4.69, 9.17) is 22.3 Å². The van der Waals surface area contributed by atoms with Crippen molar-refractivity contribution in [3.63, 3.8) is 0 Å². The first kappa shape index (κ1) is 14.3. The topological polar surface area (TPSA) is 54.5 Å². The van der Waals surface area contributed by atoms with Gasteiger partial charge in [-0.3, -0.25) is 4.79 Å². The van der Waals surface area contributed by atoms with Crippen LogP contribution in [0.15, 0.2) is 17.0 Å². The van der Waals surface area contributed by atoms with Crippen molar-refractivity contribution in [3.8, 4) is 0 Å². The Hall–Kier alpha value is -0.780. The third-order valence-electron chi connectivity index (χ3n) is 2.22. The lowest BCUT2D eigenvalue weighted by Crippen LogP contribution is -2.23. The van der Waals surface area contributed by atoms with Gasteiger partial charge in [0, 0.05) is 35.4 Å². The molecule has 0 atom stereocenters. The molecule has 0 aliphatic carbocycles. The van der Waals surface area contributed by atoms with Crippen LogP contribution in [-0.4, -0.2) is 33.3 Å². The normalized spacial score (nSPS) is 11.4. The number of carbonyl (C=O) groups is 1. The summed E-state index contributed by atoms with van der Waals surface area (Å²) in [6.07, 6.45) is 0. The molecule has 0 saturated heterocycles. The second-order valence-corrected chi connectivity index (χ2v) is 6.68. The molecule has 1 rings (SSSR count). The number of hydrogen-bond donors (Lipinski definition) is 0. The number of rotatable bonds is 2. The maximum Gasteiger partial charge on any atom is 0.261 e. The van der Waals surface area contributed by atoms with Gasteiger partial charge >= 0.3 is 0 Å². The van der Waals surface area contributed by atoms with Gasteiger partial charge < -0.3 is 4.90 Å². The van der Waals surface area contributed by atoms with Crippen LogP contribution in [0.5, 0.6) is 0 Å². The molecule has 0 aromatic heterocycles. The fourth-order valence-electron chi connectivity index (χ4n) is 1.37. The van der Waals surface area contributed by atoms with Gasteiger partial charge in [0.2, 0.25) is 0 Å². The lowest BCUT2D eigenvalue weighted by molar-refractivity contribution is 0.0826. The highest BCUT2D eigenvalue weighted by atomic mass is 35.7. The van der Waals surface area contributed by atoms with E-state index in [0.717, 1.165) is 0 Å². The minimum absolute atomic E-state index is 0.142. The molecule has 1 aromatic carbocycles. The van der Waals surface area contributed by atoms with Crippen molar-refractivity contribution < 1.29 is 13.2 Å². The first-order valence-electron chi connectivity index (χ1n) is 4.61.